The van der Waals surface area contributed by atoms with Gasteiger partial charge in [-0.2, -0.15) is 5.26 Å². The van der Waals surface area contributed by atoms with Gasteiger partial charge in [-0.05, 0) is 24.3 Å². The molecule has 0 aliphatic rings. The van der Waals surface area contributed by atoms with E-state index >= 15 is 0 Å². The van der Waals surface area contributed by atoms with Crippen LogP contribution in [0.1, 0.15) is 11.1 Å². The van der Waals surface area contributed by atoms with Gasteiger partial charge in [-0.15, -0.1) is 0 Å². The highest BCUT2D eigenvalue weighted by atomic mass is 16.4. The minimum atomic E-state index is 0.0769. The van der Waals surface area contributed by atoms with Gasteiger partial charge in [0.1, 0.15) is 6.07 Å². The van der Waals surface area contributed by atoms with Crippen molar-refractivity contribution in [1.82, 2.24) is 9.97 Å². The molecule has 0 atom stereocenters. The second kappa shape index (κ2) is 7.35. The van der Waals surface area contributed by atoms with Gasteiger partial charge in [-0.25, -0.2) is 0 Å². The normalized spacial score (nSPS) is 9.83. The van der Waals surface area contributed by atoms with Crippen LogP contribution in [0, 0.1) is 11.3 Å². The molecule has 0 aliphatic carbocycles. The van der Waals surface area contributed by atoms with Crippen molar-refractivity contribution in [2.45, 2.75) is 0 Å². The highest BCUT2D eigenvalue weighted by Gasteiger charge is 1.94. The largest absolute Gasteiger partial charge is 0.409 e. The second-order valence-corrected chi connectivity index (χ2v) is 3.08. The Bertz CT molecular complexity index is 533. The molecule has 0 fully saturated rings. The molecule has 90 valence electrons. The Kier molecular flexibility index (Phi) is 5.36. The van der Waals surface area contributed by atoms with E-state index < -0.39 is 0 Å². The van der Waals surface area contributed by atoms with E-state index in [-0.39, 0.29) is 5.84 Å². The Labute approximate surface area is 104 Å². The molecule has 0 amide bonds. The molecule has 2 aromatic heterocycles. The van der Waals surface area contributed by atoms with Crippen molar-refractivity contribution < 1.29 is 5.21 Å². The van der Waals surface area contributed by atoms with Crippen LogP contribution in [0.3, 0.4) is 0 Å². The summed E-state index contributed by atoms with van der Waals surface area (Å²) in [6.07, 6.45) is 6.31. The zero-order valence-corrected chi connectivity index (χ0v) is 9.43. The fourth-order valence-electron chi connectivity index (χ4n) is 1.00. The Hall–Kier alpha value is -2.94. The lowest BCUT2D eigenvalue weighted by atomic mass is 10.3. The fraction of sp³-hybridized carbons (Fsp3) is 0. The van der Waals surface area contributed by atoms with Crippen LogP contribution < -0.4 is 5.73 Å². The molecule has 0 saturated heterocycles. The summed E-state index contributed by atoms with van der Waals surface area (Å²) in [5, 5.41) is 19.3. The Morgan fingerprint density at radius 3 is 2.28 bits per heavy atom. The molecule has 0 unspecified atom stereocenters. The summed E-state index contributed by atoms with van der Waals surface area (Å²) in [6, 6.07) is 8.84. The summed E-state index contributed by atoms with van der Waals surface area (Å²) in [4.78, 5) is 7.51. The van der Waals surface area contributed by atoms with E-state index in [9.17, 15) is 0 Å². The molecule has 2 aromatic rings. The molecular weight excluding hydrogens is 230 g/mol. The quantitative estimate of drug-likeness (QED) is 0.336. The van der Waals surface area contributed by atoms with Crippen molar-refractivity contribution in [2.75, 3.05) is 0 Å². The van der Waals surface area contributed by atoms with Gasteiger partial charge in [-0.1, -0.05) is 5.16 Å². The van der Waals surface area contributed by atoms with E-state index in [1.807, 2.05) is 6.07 Å². The first-order chi connectivity index (χ1) is 8.77. The topological polar surface area (TPSA) is 108 Å². The third-order valence-electron chi connectivity index (χ3n) is 1.86. The zero-order valence-electron chi connectivity index (χ0n) is 9.43. The first-order valence-corrected chi connectivity index (χ1v) is 4.96. The van der Waals surface area contributed by atoms with Crippen LogP contribution in [0.5, 0.6) is 0 Å². The number of nitrogens with two attached hydrogens (primary N) is 1. The van der Waals surface area contributed by atoms with Gasteiger partial charge in [0.25, 0.3) is 0 Å². The van der Waals surface area contributed by atoms with E-state index in [1.54, 1.807) is 36.7 Å². The Morgan fingerprint density at radius 1 is 1.22 bits per heavy atom. The smallest absolute Gasteiger partial charge is 0.171 e. The molecule has 0 radical (unpaired) electrons. The van der Waals surface area contributed by atoms with Crippen molar-refractivity contribution in [3.05, 3.63) is 60.2 Å². The van der Waals surface area contributed by atoms with Gasteiger partial charge in [0.2, 0.25) is 0 Å². The highest BCUT2D eigenvalue weighted by molar-refractivity contribution is 5.96. The maximum atomic E-state index is 8.25. The third kappa shape index (κ3) is 4.28. The summed E-state index contributed by atoms with van der Waals surface area (Å²) in [5.41, 5.74) is 6.47. The van der Waals surface area contributed by atoms with E-state index in [0.717, 1.165) is 0 Å². The Morgan fingerprint density at radius 2 is 1.89 bits per heavy atom. The fourth-order valence-corrected chi connectivity index (χ4v) is 1.00. The molecule has 0 saturated carbocycles. The van der Waals surface area contributed by atoms with Crippen LogP contribution in [-0.4, -0.2) is 21.0 Å². The predicted octanol–water partition coefficient (Wildman–Crippen LogP) is 1.13. The molecule has 6 heteroatoms. The van der Waals surface area contributed by atoms with Crippen LogP contribution in [0.15, 0.2) is 54.2 Å². The molecule has 3 N–H and O–H groups in total. The molecule has 0 aromatic carbocycles. The van der Waals surface area contributed by atoms with Crippen LogP contribution in [0.25, 0.3) is 0 Å². The molecule has 2 heterocycles. The van der Waals surface area contributed by atoms with E-state index in [1.165, 1.54) is 12.4 Å². The first kappa shape index (κ1) is 13.1. The number of rotatable bonds is 1. The van der Waals surface area contributed by atoms with Gasteiger partial charge in [0, 0.05) is 30.4 Å². The number of aromatic nitrogens is 2. The number of nitriles is 1. The molecule has 18 heavy (non-hydrogen) atoms. The van der Waals surface area contributed by atoms with E-state index in [2.05, 4.69) is 15.1 Å². The molecule has 6 nitrogen and oxygen atoms in total. The van der Waals surface area contributed by atoms with Gasteiger partial charge in [0.15, 0.2) is 5.84 Å². The molecule has 0 spiro atoms. The first-order valence-electron chi connectivity index (χ1n) is 4.96. The molecular formula is C12H11N5O. The second-order valence-electron chi connectivity index (χ2n) is 3.08. The molecule has 0 bridgehead atoms. The van der Waals surface area contributed by atoms with Gasteiger partial charge in [0.05, 0.1) is 5.56 Å². The van der Waals surface area contributed by atoms with Crippen LogP contribution in [-0.2, 0) is 0 Å². The van der Waals surface area contributed by atoms with Crippen molar-refractivity contribution in [3.8, 4) is 6.07 Å². The van der Waals surface area contributed by atoms with Crippen molar-refractivity contribution >= 4 is 5.84 Å². The number of pyridine rings is 2. The van der Waals surface area contributed by atoms with Gasteiger partial charge >= 0.3 is 0 Å². The number of oxime groups is 1. The average Bonchev–Trinajstić information content (AvgIpc) is 2.49. The standard InChI is InChI=1S/C6H7N3O.C6H4N2/c7-6(9-10)5-2-1-3-8-4-5;7-4-6-2-1-3-8-5-6/h1-4,10H,(H2,7,9);1-3,5H. The lowest BCUT2D eigenvalue weighted by Crippen LogP contribution is -2.12. The summed E-state index contributed by atoms with van der Waals surface area (Å²) >= 11 is 0. The van der Waals surface area contributed by atoms with Crippen LogP contribution >= 0.6 is 0 Å². The SMILES string of the molecule is N#Cc1cccnc1.N/C(=N\O)c1cccnc1. The van der Waals surface area contributed by atoms with Crippen molar-refractivity contribution in [3.63, 3.8) is 0 Å². The summed E-state index contributed by atoms with van der Waals surface area (Å²) < 4.78 is 0. The monoisotopic (exact) mass is 241 g/mol. The third-order valence-corrected chi connectivity index (χ3v) is 1.86. The number of hydrogen-bond donors (Lipinski definition) is 2. The van der Waals surface area contributed by atoms with E-state index in [4.69, 9.17) is 16.2 Å². The van der Waals surface area contributed by atoms with Crippen molar-refractivity contribution in [1.29, 1.82) is 5.26 Å². The minimum absolute atomic E-state index is 0.0769. The summed E-state index contributed by atoms with van der Waals surface area (Å²) in [7, 11) is 0. The van der Waals surface area contributed by atoms with Crippen molar-refractivity contribution in [2.24, 2.45) is 10.9 Å². The zero-order chi connectivity index (χ0) is 13.2. The van der Waals surface area contributed by atoms with Gasteiger partial charge < -0.3 is 10.9 Å². The van der Waals surface area contributed by atoms with E-state index in [0.29, 0.717) is 11.1 Å². The highest BCUT2D eigenvalue weighted by Crippen LogP contribution is 1.93. The number of nitrogens with zero attached hydrogens (tertiary/aromatic N) is 4. The molecule has 0 aliphatic heterocycles. The lowest BCUT2D eigenvalue weighted by molar-refractivity contribution is 0.318. The number of amidine groups is 1. The maximum Gasteiger partial charge on any atom is 0.171 e. The maximum absolute atomic E-state index is 8.25. The Balaban J connectivity index is 0.000000184. The summed E-state index contributed by atoms with van der Waals surface area (Å²) in [5.74, 6) is 0.0769. The minimum Gasteiger partial charge on any atom is -0.409 e. The van der Waals surface area contributed by atoms with Gasteiger partial charge in [-0.3, -0.25) is 9.97 Å². The van der Waals surface area contributed by atoms with Crippen LogP contribution in [0.2, 0.25) is 0 Å². The summed E-state index contributed by atoms with van der Waals surface area (Å²) in [6.45, 7) is 0. The molecule has 2 rings (SSSR count). The van der Waals surface area contributed by atoms with Crippen LogP contribution in [0.4, 0.5) is 0 Å². The number of hydrogen-bond acceptors (Lipinski definition) is 5. The lowest BCUT2D eigenvalue weighted by Gasteiger charge is -1.93. The average molecular weight is 241 g/mol. The predicted molar refractivity (Wildman–Crippen MR) is 65.7 cm³/mol.